The quantitative estimate of drug-likeness (QED) is 0.579. The molecule has 84 valence electrons. The van der Waals surface area contributed by atoms with Gasteiger partial charge in [0.1, 0.15) is 0 Å². The molecule has 1 aromatic carbocycles. The van der Waals surface area contributed by atoms with Gasteiger partial charge in [-0.15, -0.1) is 3.89 Å². The molecule has 0 saturated carbocycles. The van der Waals surface area contributed by atoms with Gasteiger partial charge < -0.3 is 4.74 Å². The molecule has 0 aliphatic heterocycles. The lowest BCUT2D eigenvalue weighted by Gasteiger charge is -2.05. The van der Waals surface area contributed by atoms with Crippen LogP contribution >= 0.6 is 0 Å². The highest BCUT2D eigenvalue weighted by Crippen LogP contribution is 2.15. The molecule has 0 amide bonds. The highest BCUT2D eigenvalue weighted by atomic mass is 32.3. The predicted octanol–water partition coefficient (Wildman–Crippen LogP) is 1.89. The van der Waals surface area contributed by atoms with E-state index in [-0.39, 0.29) is 18.8 Å². The van der Waals surface area contributed by atoms with Crippen molar-refractivity contribution < 1.29 is 21.4 Å². The molecular weight excluding hydrogens is 226 g/mol. The van der Waals surface area contributed by atoms with E-state index in [1.165, 1.54) is 18.2 Å². The molecule has 0 aliphatic rings. The van der Waals surface area contributed by atoms with Gasteiger partial charge in [-0.2, -0.15) is 8.42 Å². The molecule has 3 nitrogen and oxygen atoms in total. The Morgan fingerprint density at radius 1 is 1.27 bits per heavy atom. The smallest absolute Gasteiger partial charge is 0.302 e. The molecule has 0 fully saturated rings. The first-order chi connectivity index (χ1) is 6.99. The molecule has 0 heterocycles. The zero-order chi connectivity index (χ0) is 11.3. The number of hydrogen-bond acceptors (Lipinski definition) is 3. The molecule has 0 unspecified atom stereocenters. The second-order valence-electron chi connectivity index (χ2n) is 2.88. The molecule has 1 aromatic rings. The Morgan fingerprint density at radius 3 is 2.53 bits per heavy atom. The van der Waals surface area contributed by atoms with Gasteiger partial charge in [0, 0.05) is 0 Å². The van der Waals surface area contributed by atoms with Crippen molar-refractivity contribution in [2.24, 2.45) is 0 Å². The van der Waals surface area contributed by atoms with Gasteiger partial charge in [-0.05, 0) is 18.6 Å². The summed E-state index contributed by atoms with van der Waals surface area (Å²) in [6.07, 6.45) is -0.00678. The van der Waals surface area contributed by atoms with Gasteiger partial charge in [0.2, 0.25) is 0 Å². The third kappa shape index (κ3) is 4.73. The minimum atomic E-state index is -4.46. The van der Waals surface area contributed by atoms with Crippen LogP contribution in [0, 0.1) is 5.82 Å². The van der Waals surface area contributed by atoms with Crippen LogP contribution in [0.5, 0.6) is 5.75 Å². The summed E-state index contributed by atoms with van der Waals surface area (Å²) in [5.74, 6) is -1.10. The Balaban J connectivity index is 2.36. The summed E-state index contributed by atoms with van der Waals surface area (Å²) in [5.41, 5.74) is 0. The number of hydrogen-bond donors (Lipinski definition) is 0. The molecular formula is C9H10F2O3S. The summed E-state index contributed by atoms with van der Waals surface area (Å²) in [7, 11) is -4.46. The number of benzene rings is 1. The lowest BCUT2D eigenvalue weighted by Crippen LogP contribution is -2.06. The van der Waals surface area contributed by atoms with E-state index >= 15 is 0 Å². The SMILES string of the molecule is O=S(=O)(F)CCCOc1ccccc1F. The maximum absolute atomic E-state index is 12.9. The number of rotatable bonds is 5. The Labute approximate surface area is 86.9 Å². The minimum Gasteiger partial charge on any atom is -0.490 e. The Kier molecular flexibility index (Phi) is 4.02. The van der Waals surface area contributed by atoms with Crippen LogP contribution in [0.3, 0.4) is 0 Å². The Hall–Kier alpha value is -1.17. The minimum absolute atomic E-state index is 0.00678. The molecule has 0 radical (unpaired) electrons. The van der Waals surface area contributed by atoms with E-state index in [1.54, 1.807) is 6.07 Å². The summed E-state index contributed by atoms with van der Waals surface area (Å²) in [5, 5.41) is 0. The van der Waals surface area contributed by atoms with Gasteiger partial charge >= 0.3 is 10.2 Å². The maximum atomic E-state index is 12.9. The van der Waals surface area contributed by atoms with E-state index in [0.29, 0.717) is 0 Å². The zero-order valence-corrected chi connectivity index (χ0v) is 8.64. The van der Waals surface area contributed by atoms with Gasteiger partial charge in [0.05, 0.1) is 12.4 Å². The van der Waals surface area contributed by atoms with Crippen LogP contribution in [0.1, 0.15) is 6.42 Å². The van der Waals surface area contributed by atoms with Crippen molar-refractivity contribution in [2.45, 2.75) is 6.42 Å². The highest BCUT2D eigenvalue weighted by Gasteiger charge is 2.07. The fraction of sp³-hybridized carbons (Fsp3) is 0.333. The third-order valence-corrected chi connectivity index (χ3v) is 2.40. The Bertz CT molecular complexity index is 417. The standard InChI is InChI=1S/C9H10F2O3S/c10-8-4-1-2-5-9(8)14-6-3-7-15(11,12)13/h1-2,4-5H,3,6-7H2. The zero-order valence-electron chi connectivity index (χ0n) is 7.82. The second kappa shape index (κ2) is 5.06. The first kappa shape index (κ1) is 11.9. The molecule has 0 saturated heterocycles. The summed E-state index contributed by atoms with van der Waals surface area (Å²) >= 11 is 0. The second-order valence-corrected chi connectivity index (χ2v) is 4.36. The fourth-order valence-corrected chi connectivity index (χ4v) is 1.44. The van der Waals surface area contributed by atoms with Crippen LogP contribution in [0.2, 0.25) is 0 Å². The van der Waals surface area contributed by atoms with E-state index in [9.17, 15) is 16.7 Å². The van der Waals surface area contributed by atoms with Crippen LogP contribution < -0.4 is 4.74 Å². The molecule has 0 aromatic heterocycles. The van der Waals surface area contributed by atoms with Crippen molar-refractivity contribution in [3.63, 3.8) is 0 Å². The van der Waals surface area contributed by atoms with Crippen molar-refractivity contribution in [1.29, 1.82) is 0 Å². The third-order valence-electron chi connectivity index (χ3n) is 1.63. The van der Waals surface area contributed by atoms with E-state index in [2.05, 4.69) is 0 Å². The molecule has 0 N–H and O–H groups in total. The summed E-state index contributed by atoms with van der Waals surface area (Å²) < 4.78 is 50.1. The summed E-state index contributed by atoms with van der Waals surface area (Å²) in [4.78, 5) is 0. The molecule has 6 heteroatoms. The fourth-order valence-electron chi connectivity index (χ4n) is 0.975. The lowest BCUT2D eigenvalue weighted by molar-refractivity contribution is 0.301. The largest absolute Gasteiger partial charge is 0.490 e. The normalized spacial score (nSPS) is 11.3. The lowest BCUT2D eigenvalue weighted by atomic mass is 10.3. The molecule has 0 atom stereocenters. The van der Waals surface area contributed by atoms with Crippen molar-refractivity contribution in [2.75, 3.05) is 12.4 Å². The van der Waals surface area contributed by atoms with Crippen LogP contribution in [0.15, 0.2) is 24.3 Å². The Morgan fingerprint density at radius 2 is 1.93 bits per heavy atom. The molecule has 0 bridgehead atoms. The first-order valence-electron chi connectivity index (χ1n) is 4.29. The van der Waals surface area contributed by atoms with Crippen LogP contribution in [-0.4, -0.2) is 20.8 Å². The molecule has 0 spiro atoms. The van der Waals surface area contributed by atoms with Gasteiger partial charge in [-0.3, -0.25) is 0 Å². The van der Waals surface area contributed by atoms with E-state index in [0.717, 1.165) is 0 Å². The first-order valence-corrected chi connectivity index (χ1v) is 5.84. The van der Waals surface area contributed by atoms with Crippen LogP contribution in [0.4, 0.5) is 8.28 Å². The van der Waals surface area contributed by atoms with Gasteiger partial charge in [0.15, 0.2) is 11.6 Å². The van der Waals surface area contributed by atoms with E-state index in [4.69, 9.17) is 4.74 Å². The maximum Gasteiger partial charge on any atom is 0.302 e. The molecule has 15 heavy (non-hydrogen) atoms. The van der Waals surface area contributed by atoms with Crippen molar-refractivity contribution in [1.82, 2.24) is 0 Å². The average Bonchev–Trinajstić information content (AvgIpc) is 2.13. The summed E-state index contributed by atoms with van der Waals surface area (Å²) in [6.45, 7) is -0.0376. The van der Waals surface area contributed by atoms with Crippen LogP contribution in [0.25, 0.3) is 0 Å². The highest BCUT2D eigenvalue weighted by molar-refractivity contribution is 7.86. The van der Waals surface area contributed by atoms with Gasteiger partial charge in [-0.25, -0.2) is 4.39 Å². The molecule has 1 rings (SSSR count). The number of para-hydroxylation sites is 1. The number of ether oxygens (including phenoxy) is 1. The van der Waals surface area contributed by atoms with Crippen molar-refractivity contribution in [3.05, 3.63) is 30.1 Å². The van der Waals surface area contributed by atoms with Crippen molar-refractivity contribution >= 4 is 10.2 Å². The predicted molar refractivity (Wildman–Crippen MR) is 51.4 cm³/mol. The summed E-state index contributed by atoms with van der Waals surface area (Å²) in [6, 6.07) is 5.74. The average molecular weight is 236 g/mol. The monoisotopic (exact) mass is 236 g/mol. The van der Waals surface area contributed by atoms with Crippen molar-refractivity contribution in [3.8, 4) is 5.75 Å². The van der Waals surface area contributed by atoms with Gasteiger partial charge in [-0.1, -0.05) is 12.1 Å². The van der Waals surface area contributed by atoms with Crippen LogP contribution in [-0.2, 0) is 10.2 Å². The number of halogens is 2. The van der Waals surface area contributed by atoms with E-state index < -0.39 is 21.8 Å². The molecule has 0 aliphatic carbocycles. The van der Waals surface area contributed by atoms with Gasteiger partial charge in [0.25, 0.3) is 0 Å². The topological polar surface area (TPSA) is 43.4 Å². The van der Waals surface area contributed by atoms with E-state index in [1.807, 2.05) is 0 Å².